The molecule has 0 radical (unpaired) electrons. The fourth-order valence-electron chi connectivity index (χ4n) is 7.39. The van der Waals surface area contributed by atoms with Crippen LogP contribution >= 0.6 is 0 Å². The summed E-state index contributed by atoms with van der Waals surface area (Å²) in [5.41, 5.74) is 28.0. The number of unbranched alkanes of at least 4 members (excludes halogenated alkanes) is 2. The van der Waals surface area contributed by atoms with Gasteiger partial charge in [-0.3, -0.25) is 0 Å². The Morgan fingerprint density at radius 1 is 0.620 bits per heavy atom. The molecule has 10 nitrogen and oxygen atoms in total. The zero-order valence-corrected chi connectivity index (χ0v) is 28.8. The predicted octanol–water partition coefficient (Wildman–Crippen LogP) is 3.29. The van der Waals surface area contributed by atoms with E-state index in [1.807, 2.05) is 18.2 Å². The second-order valence-electron chi connectivity index (χ2n) is 13.9. The molecule has 50 heavy (non-hydrogen) atoms. The molecule has 1 saturated carbocycles. The Morgan fingerprint density at radius 3 is 1.70 bits per heavy atom. The van der Waals surface area contributed by atoms with Gasteiger partial charge in [0, 0.05) is 31.8 Å². The molecule has 1 aliphatic carbocycles. The third-order valence-electron chi connectivity index (χ3n) is 10.3. The maximum Gasteiger partial charge on any atom is 0.176 e. The molecule has 0 amide bonds. The van der Waals surface area contributed by atoms with Gasteiger partial charge in [-0.15, -0.1) is 0 Å². The zero-order valence-electron chi connectivity index (χ0n) is 28.8. The molecular formula is C40H54N4O6. The lowest BCUT2D eigenvalue weighted by Gasteiger charge is -2.47. The first-order valence-corrected chi connectivity index (χ1v) is 18.1. The number of aryl methyl sites for hydroxylation is 2. The SMILES string of the molecule is NC[C@H]1O[C@H](O[C@H]2[C@H](O)[C@@H](OCCCCc3ccc4ccccc4c3)[C@H](N)C[C@@H]2N)[C@H](N)[C@@H](OCCCCc2ccc3ccccc3c2)[C@@H]1O. The summed E-state index contributed by atoms with van der Waals surface area (Å²) in [6.45, 7) is 0.900. The Bertz CT molecular complexity index is 1660. The monoisotopic (exact) mass is 686 g/mol. The van der Waals surface area contributed by atoms with E-state index in [1.54, 1.807) is 0 Å². The summed E-state index contributed by atoms with van der Waals surface area (Å²) in [6, 6.07) is 27.9. The Balaban J connectivity index is 0.979. The van der Waals surface area contributed by atoms with Crippen molar-refractivity contribution in [2.24, 2.45) is 22.9 Å². The summed E-state index contributed by atoms with van der Waals surface area (Å²) < 4.78 is 24.6. The Labute approximate surface area is 295 Å². The molecule has 4 aromatic carbocycles. The zero-order chi connectivity index (χ0) is 35.0. The van der Waals surface area contributed by atoms with Gasteiger partial charge in [-0.2, -0.15) is 0 Å². The molecule has 1 heterocycles. The molecule has 1 saturated heterocycles. The van der Waals surface area contributed by atoms with Crippen molar-refractivity contribution in [2.75, 3.05) is 19.8 Å². The van der Waals surface area contributed by atoms with Gasteiger partial charge in [0.25, 0.3) is 0 Å². The highest BCUT2D eigenvalue weighted by molar-refractivity contribution is 5.83. The minimum atomic E-state index is -1.09. The molecule has 4 aromatic rings. The van der Waals surface area contributed by atoms with Crippen LogP contribution in [0.1, 0.15) is 43.2 Å². The lowest BCUT2D eigenvalue weighted by molar-refractivity contribution is -0.294. The predicted molar refractivity (Wildman–Crippen MR) is 196 cm³/mol. The van der Waals surface area contributed by atoms with E-state index in [9.17, 15) is 10.2 Å². The van der Waals surface area contributed by atoms with Crippen LogP contribution in [0.3, 0.4) is 0 Å². The van der Waals surface area contributed by atoms with Crippen LogP contribution in [0.25, 0.3) is 21.5 Å². The van der Waals surface area contributed by atoms with Crippen molar-refractivity contribution in [3.63, 3.8) is 0 Å². The number of rotatable bonds is 15. The van der Waals surface area contributed by atoms with Gasteiger partial charge >= 0.3 is 0 Å². The smallest absolute Gasteiger partial charge is 0.176 e. The number of aliphatic hydroxyl groups excluding tert-OH is 2. The van der Waals surface area contributed by atoms with E-state index < -0.39 is 61.0 Å². The highest BCUT2D eigenvalue weighted by Crippen LogP contribution is 2.30. The van der Waals surface area contributed by atoms with Gasteiger partial charge < -0.3 is 52.1 Å². The Hall–Kier alpha value is -3.00. The Morgan fingerprint density at radius 2 is 1.14 bits per heavy atom. The molecule has 1 aliphatic heterocycles. The molecule has 270 valence electrons. The molecule has 10 heteroatoms. The summed E-state index contributed by atoms with van der Waals surface area (Å²) >= 11 is 0. The van der Waals surface area contributed by atoms with E-state index in [2.05, 4.69) is 66.7 Å². The summed E-state index contributed by atoms with van der Waals surface area (Å²) in [5, 5.41) is 27.3. The number of nitrogens with two attached hydrogens (primary N) is 4. The fraction of sp³-hybridized carbons (Fsp3) is 0.500. The van der Waals surface area contributed by atoms with Crippen molar-refractivity contribution in [1.29, 1.82) is 0 Å². The number of fused-ring (bicyclic) bond motifs is 2. The van der Waals surface area contributed by atoms with E-state index in [0.29, 0.717) is 19.6 Å². The summed E-state index contributed by atoms with van der Waals surface area (Å²) in [4.78, 5) is 0. The lowest BCUT2D eigenvalue weighted by atomic mass is 9.84. The van der Waals surface area contributed by atoms with Gasteiger partial charge in [0.1, 0.15) is 36.6 Å². The highest BCUT2D eigenvalue weighted by atomic mass is 16.7. The van der Waals surface area contributed by atoms with Gasteiger partial charge in [0.05, 0.1) is 6.04 Å². The third-order valence-corrected chi connectivity index (χ3v) is 10.3. The van der Waals surface area contributed by atoms with Crippen LogP contribution in [-0.4, -0.2) is 91.0 Å². The lowest BCUT2D eigenvalue weighted by Crippen LogP contribution is -2.68. The molecule has 0 unspecified atom stereocenters. The van der Waals surface area contributed by atoms with Crippen LogP contribution in [0.5, 0.6) is 0 Å². The van der Waals surface area contributed by atoms with Crippen LogP contribution in [0.4, 0.5) is 0 Å². The number of hydrogen-bond acceptors (Lipinski definition) is 10. The molecule has 0 bridgehead atoms. The minimum absolute atomic E-state index is 0.0463. The van der Waals surface area contributed by atoms with Crippen molar-refractivity contribution in [1.82, 2.24) is 0 Å². The number of aliphatic hydroxyl groups is 2. The highest BCUT2D eigenvalue weighted by Gasteiger charge is 2.49. The van der Waals surface area contributed by atoms with Crippen molar-refractivity contribution in [3.05, 3.63) is 96.1 Å². The topological polar surface area (TPSA) is 181 Å². The van der Waals surface area contributed by atoms with Gasteiger partial charge in [-0.05, 0) is 77.6 Å². The van der Waals surface area contributed by atoms with Gasteiger partial charge in [-0.1, -0.05) is 84.9 Å². The van der Waals surface area contributed by atoms with E-state index in [1.165, 1.54) is 32.7 Å². The van der Waals surface area contributed by atoms with E-state index >= 15 is 0 Å². The van der Waals surface area contributed by atoms with Crippen molar-refractivity contribution >= 4 is 21.5 Å². The van der Waals surface area contributed by atoms with Crippen molar-refractivity contribution < 1.29 is 29.2 Å². The molecule has 10 atom stereocenters. The maximum atomic E-state index is 11.4. The molecule has 0 spiro atoms. The van der Waals surface area contributed by atoms with E-state index in [0.717, 1.165) is 38.5 Å². The molecule has 10 N–H and O–H groups in total. The van der Waals surface area contributed by atoms with Gasteiger partial charge in [-0.25, -0.2) is 0 Å². The third kappa shape index (κ3) is 8.89. The minimum Gasteiger partial charge on any atom is -0.388 e. The molecule has 2 fully saturated rings. The second-order valence-corrected chi connectivity index (χ2v) is 13.9. The number of hydrogen-bond donors (Lipinski definition) is 6. The molecular weight excluding hydrogens is 632 g/mol. The fourth-order valence-corrected chi connectivity index (χ4v) is 7.39. The van der Waals surface area contributed by atoms with Crippen LogP contribution in [0.2, 0.25) is 0 Å². The first kappa shape index (κ1) is 36.8. The first-order chi connectivity index (χ1) is 24.3. The molecule has 0 aromatic heterocycles. The van der Waals surface area contributed by atoms with Gasteiger partial charge in [0.2, 0.25) is 0 Å². The quantitative estimate of drug-likeness (QED) is 0.102. The average molecular weight is 687 g/mol. The summed E-state index contributed by atoms with van der Waals surface area (Å²) in [6.07, 6.45) is -0.449. The molecule has 6 rings (SSSR count). The second kappa shape index (κ2) is 17.5. The summed E-state index contributed by atoms with van der Waals surface area (Å²) in [5.74, 6) is 0. The summed E-state index contributed by atoms with van der Waals surface area (Å²) in [7, 11) is 0. The normalized spacial score (nSPS) is 30.2. The largest absolute Gasteiger partial charge is 0.388 e. The number of ether oxygens (including phenoxy) is 4. The molecule has 2 aliphatic rings. The van der Waals surface area contributed by atoms with E-state index in [4.69, 9.17) is 41.9 Å². The van der Waals surface area contributed by atoms with E-state index in [-0.39, 0.29) is 6.54 Å². The van der Waals surface area contributed by atoms with Crippen molar-refractivity contribution in [3.8, 4) is 0 Å². The van der Waals surface area contributed by atoms with Crippen LogP contribution in [-0.2, 0) is 31.8 Å². The maximum absolute atomic E-state index is 11.4. The van der Waals surface area contributed by atoms with Crippen LogP contribution in [0.15, 0.2) is 84.9 Å². The average Bonchev–Trinajstić information content (AvgIpc) is 3.12. The van der Waals surface area contributed by atoms with Gasteiger partial charge in [0.15, 0.2) is 6.29 Å². The number of benzene rings is 4. The van der Waals surface area contributed by atoms with Crippen molar-refractivity contribution in [2.45, 2.75) is 106 Å². The van der Waals surface area contributed by atoms with Crippen LogP contribution < -0.4 is 22.9 Å². The van der Waals surface area contributed by atoms with Crippen LogP contribution in [0, 0.1) is 0 Å². The first-order valence-electron chi connectivity index (χ1n) is 18.1. The standard InChI is InChI=1S/C40H54N4O6/c41-24-33-35(45)39(48-20-8-6-10-26-16-18-28-12-2-4-14-30(28)22-26)34(44)40(49-33)50-38-32(43)23-31(42)37(36(38)46)47-19-7-5-9-25-15-17-27-11-1-3-13-29(27)21-25/h1-4,11-18,21-22,31-40,45-46H,5-10,19-20,23-24,41-44H2/t31-,32+,33-,34-,35-,36-,37+,38-,39-,40-/m1/s1. The Kier molecular flexibility index (Phi) is 12.9.